The number of nitrogens with one attached hydrogen (secondary N) is 2. The summed E-state index contributed by atoms with van der Waals surface area (Å²) in [4.78, 5) is 19.6. The van der Waals surface area contributed by atoms with Crippen molar-refractivity contribution in [2.45, 2.75) is 19.4 Å². The highest BCUT2D eigenvalue weighted by Gasteiger charge is 2.10. The van der Waals surface area contributed by atoms with E-state index in [1.165, 1.54) is 0 Å². The number of halogens is 1. The van der Waals surface area contributed by atoms with E-state index in [-0.39, 0.29) is 18.0 Å². The maximum atomic E-state index is 11.8. The van der Waals surface area contributed by atoms with Crippen molar-refractivity contribution in [2.75, 3.05) is 5.32 Å². The van der Waals surface area contributed by atoms with E-state index in [2.05, 4.69) is 20.6 Å². The fourth-order valence-corrected chi connectivity index (χ4v) is 1.98. The van der Waals surface area contributed by atoms with Crippen LogP contribution in [0.2, 0.25) is 5.02 Å². The minimum absolute atomic E-state index is 0.0568. The number of carbonyl (C=O) groups excluding carboxylic acids is 1. The number of benzene rings is 1. The normalized spacial score (nSPS) is 11.7. The van der Waals surface area contributed by atoms with Crippen molar-refractivity contribution >= 4 is 23.6 Å². The number of hydrogen-bond acceptors (Lipinski definition) is 3. The highest BCUT2D eigenvalue weighted by atomic mass is 35.5. The van der Waals surface area contributed by atoms with E-state index < -0.39 is 0 Å². The zero-order chi connectivity index (χ0) is 14.4. The predicted molar refractivity (Wildman–Crippen MR) is 78.8 cm³/mol. The van der Waals surface area contributed by atoms with Crippen LogP contribution in [-0.2, 0) is 6.42 Å². The molecule has 0 aliphatic heterocycles. The van der Waals surface area contributed by atoms with E-state index in [4.69, 9.17) is 11.6 Å². The lowest BCUT2D eigenvalue weighted by Crippen LogP contribution is -2.37. The fraction of sp³-hybridized carbons (Fsp3) is 0.214. The minimum Gasteiger partial charge on any atom is -0.335 e. The van der Waals surface area contributed by atoms with Gasteiger partial charge in [0.2, 0.25) is 5.95 Å². The molecule has 2 amide bonds. The Morgan fingerprint density at radius 3 is 2.65 bits per heavy atom. The fourth-order valence-electron chi connectivity index (χ4n) is 1.77. The maximum Gasteiger partial charge on any atom is 0.321 e. The number of nitrogens with zero attached hydrogens (tertiary/aromatic N) is 2. The Morgan fingerprint density at radius 1 is 1.25 bits per heavy atom. The summed E-state index contributed by atoms with van der Waals surface area (Å²) >= 11 is 6.09. The first kappa shape index (κ1) is 14.3. The van der Waals surface area contributed by atoms with E-state index in [1.54, 1.807) is 18.5 Å². The average Bonchev–Trinajstić information content (AvgIpc) is 2.42. The van der Waals surface area contributed by atoms with Gasteiger partial charge in [0.15, 0.2) is 0 Å². The van der Waals surface area contributed by atoms with Crippen molar-refractivity contribution in [3.05, 3.63) is 53.3 Å². The molecule has 2 rings (SSSR count). The summed E-state index contributed by atoms with van der Waals surface area (Å²) in [5, 5.41) is 6.09. The molecule has 1 aromatic heterocycles. The van der Waals surface area contributed by atoms with Crippen LogP contribution in [-0.4, -0.2) is 22.0 Å². The van der Waals surface area contributed by atoms with Gasteiger partial charge in [-0.25, -0.2) is 14.8 Å². The first-order chi connectivity index (χ1) is 9.65. The van der Waals surface area contributed by atoms with Crippen molar-refractivity contribution in [1.29, 1.82) is 0 Å². The maximum absolute atomic E-state index is 11.8. The van der Waals surface area contributed by atoms with Crippen LogP contribution in [0.5, 0.6) is 0 Å². The average molecular weight is 291 g/mol. The van der Waals surface area contributed by atoms with Gasteiger partial charge in [-0.05, 0) is 31.0 Å². The van der Waals surface area contributed by atoms with E-state index in [9.17, 15) is 4.79 Å². The molecule has 0 aliphatic carbocycles. The van der Waals surface area contributed by atoms with Crippen molar-refractivity contribution in [3.8, 4) is 0 Å². The Labute approximate surface area is 122 Å². The topological polar surface area (TPSA) is 66.9 Å². The summed E-state index contributed by atoms with van der Waals surface area (Å²) in [6.45, 7) is 1.91. The van der Waals surface area contributed by atoms with E-state index in [1.807, 2.05) is 31.2 Å². The van der Waals surface area contributed by atoms with Gasteiger partial charge in [-0.15, -0.1) is 0 Å². The second-order valence-corrected chi connectivity index (χ2v) is 4.77. The van der Waals surface area contributed by atoms with Crippen LogP contribution in [0.1, 0.15) is 12.5 Å². The summed E-state index contributed by atoms with van der Waals surface area (Å²) in [6.07, 6.45) is 3.79. The molecule has 0 aliphatic rings. The Morgan fingerprint density at radius 2 is 1.95 bits per heavy atom. The second-order valence-electron chi connectivity index (χ2n) is 4.37. The van der Waals surface area contributed by atoms with Crippen molar-refractivity contribution in [1.82, 2.24) is 15.3 Å². The van der Waals surface area contributed by atoms with Gasteiger partial charge in [0.1, 0.15) is 0 Å². The molecule has 2 N–H and O–H groups in total. The predicted octanol–water partition coefficient (Wildman–Crippen LogP) is 2.88. The third-order valence-corrected chi connectivity index (χ3v) is 3.02. The van der Waals surface area contributed by atoms with E-state index in [0.29, 0.717) is 11.4 Å². The standard InChI is InChI=1S/C14H15ClN4O/c1-10(9-11-5-2-3-6-12(11)15)18-14(20)19-13-16-7-4-8-17-13/h2-8,10H,9H2,1H3,(H2,16,17,18,19,20). The number of amides is 2. The summed E-state index contributed by atoms with van der Waals surface area (Å²) in [5.74, 6) is 0.273. The molecule has 1 heterocycles. The second kappa shape index (κ2) is 6.86. The lowest BCUT2D eigenvalue weighted by molar-refractivity contribution is 0.249. The highest BCUT2D eigenvalue weighted by molar-refractivity contribution is 6.31. The molecular weight excluding hydrogens is 276 g/mol. The van der Waals surface area contributed by atoms with Gasteiger partial charge >= 0.3 is 6.03 Å². The molecule has 0 saturated heterocycles. The molecule has 0 fully saturated rings. The summed E-state index contributed by atoms with van der Waals surface area (Å²) in [5.41, 5.74) is 0.998. The van der Waals surface area contributed by atoms with Crippen LogP contribution < -0.4 is 10.6 Å². The van der Waals surface area contributed by atoms with Crippen molar-refractivity contribution in [3.63, 3.8) is 0 Å². The number of aromatic nitrogens is 2. The van der Waals surface area contributed by atoms with Gasteiger partial charge in [0.25, 0.3) is 0 Å². The number of carbonyl (C=O) groups is 1. The molecule has 20 heavy (non-hydrogen) atoms. The molecule has 1 aromatic carbocycles. The van der Waals surface area contributed by atoms with Crippen molar-refractivity contribution in [2.24, 2.45) is 0 Å². The summed E-state index contributed by atoms with van der Waals surface area (Å²) < 4.78 is 0. The summed E-state index contributed by atoms with van der Waals surface area (Å²) in [6, 6.07) is 8.87. The molecule has 0 radical (unpaired) electrons. The third-order valence-electron chi connectivity index (χ3n) is 2.65. The van der Waals surface area contributed by atoms with Gasteiger partial charge < -0.3 is 5.32 Å². The zero-order valence-electron chi connectivity index (χ0n) is 11.0. The van der Waals surface area contributed by atoms with Crippen LogP contribution in [0.25, 0.3) is 0 Å². The van der Waals surface area contributed by atoms with E-state index in [0.717, 1.165) is 5.56 Å². The molecule has 0 spiro atoms. The molecule has 0 bridgehead atoms. The number of hydrogen-bond donors (Lipinski definition) is 2. The SMILES string of the molecule is CC(Cc1ccccc1Cl)NC(=O)Nc1ncccn1. The Balaban J connectivity index is 1.87. The molecular formula is C14H15ClN4O. The Kier molecular flexibility index (Phi) is 4.90. The third kappa shape index (κ3) is 4.20. The Bertz CT molecular complexity index is 576. The van der Waals surface area contributed by atoms with Gasteiger partial charge in [0, 0.05) is 23.5 Å². The summed E-state index contributed by atoms with van der Waals surface area (Å²) in [7, 11) is 0. The van der Waals surface area contributed by atoms with Gasteiger partial charge in [-0.1, -0.05) is 29.8 Å². The molecule has 6 heteroatoms. The molecule has 1 unspecified atom stereocenters. The van der Waals surface area contributed by atoms with E-state index >= 15 is 0 Å². The quantitative estimate of drug-likeness (QED) is 0.910. The molecule has 0 saturated carbocycles. The lowest BCUT2D eigenvalue weighted by Gasteiger charge is -2.14. The first-order valence-electron chi connectivity index (χ1n) is 6.23. The van der Waals surface area contributed by atoms with Crippen molar-refractivity contribution < 1.29 is 4.79 Å². The lowest BCUT2D eigenvalue weighted by atomic mass is 10.1. The van der Waals surface area contributed by atoms with Gasteiger partial charge in [0.05, 0.1) is 0 Å². The molecule has 2 aromatic rings. The minimum atomic E-state index is -0.337. The molecule has 1 atom stereocenters. The van der Waals surface area contributed by atoms with Crippen LogP contribution in [0.15, 0.2) is 42.7 Å². The van der Waals surface area contributed by atoms with Crippen LogP contribution in [0.4, 0.5) is 10.7 Å². The monoisotopic (exact) mass is 290 g/mol. The largest absolute Gasteiger partial charge is 0.335 e. The van der Waals surface area contributed by atoms with Crippen LogP contribution >= 0.6 is 11.6 Å². The molecule has 5 nitrogen and oxygen atoms in total. The van der Waals surface area contributed by atoms with Gasteiger partial charge in [-0.2, -0.15) is 0 Å². The highest BCUT2D eigenvalue weighted by Crippen LogP contribution is 2.16. The smallest absolute Gasteiger partial charge is 0.321 e. The number of rotatable bonds is 4. The van der Waals surface area contributed by atoms with Crippen LogP contribution in [0.3, 0.4) is 0 Å². The number of urea groups is 1. The van der Waals surface area contributed by atoms with Crippen LogP contribution in [0, 0.1) is 0 Å². The Hall–Kier alpha value is -2.14. The zero-order valence-corrected chi connectivity index (χ0v) is 11.8. The molecule has 104 valence electrons. The first-order valence-corrected chi connectivity index (χ1v) is 6.61. The number of anilines is 1. The van der Waals surface area contributed by atoms with Gasteiger partial charge in [-0.3, -0.25) is 5.32 Å².